The van der Waals surface area contributed by atoms with Crippen LogP contribution in [0.4, 0.5) is 17.6 Å². The lowest BCUT2D eigenvalue weighted by molar-refractivity contribution is 0.0858. The second kappa shape index (κ2) is 12.6. The zero-order chi connectivity index (χ0) is 23.8. The van der Waals surface area contributed by atoms with Crippen molar-refractivity contribution in [3.8, 4) is 0 Å². The summed E-state index contributed by atoms with van der Waals surface area (Å²) in [7, 11) is 0. The van der Waals surface area contributed by atoms with Gasteiger partial charge in [0.15, 0.2) is 0 Å². The molecular weight excluding hydrogens is 448 g/mol. The van der Waals surface area contributed by atoms with Gasteiger partial charge in [-0.05, 0) is 111 Å². The molecular formula is C28H39ClF4. The third-order valence-corrected chi connectivity index (χ3v) is 8.33. The van der Waals surface area contributed by atoms with Gasteiger partial charge in [-0.3, -0.25) is 0 Å². The fraction of sp³-hybridized carbons (Fsp3) is 0.714. The van der Waals surface area contributed by atoms with Crippen LogP contribution in [0.2, 0.25) is 0 Å². The molecule has 1 aromatic rings. The van der Waals surface area contributed by atoms with Crippen LogP contribution in [0, 0.1) is 35.3 Å². The summed E-state index contributed by atoms with van der Waals surface area (Å²) < 4.78 is 54.0. The molecule has 0 radical (unpaired) electrons. The highest BCUT2D eigenvalue weighted by molar-refractivity contribution is 6.21. The van der Waals surface area contributed by atoms with Gasteiger partial charge >= 0.3 is 5.38 Å². The Morgan fingerprint density at radius 2 is 1.36 bits per heavy atom. The molecule has 33 heavy (non-hydrogen) atoms. The summed E-state index contributed by atoms with van der Waals surface area (Å²) in [5.41, 5.74) is -0.938. The van der Waals surface area contributed by atoms with Gasteiger partial charge < -0.3 is 0 Å². The molecule has 0 unspecified atom stereocenters. The summed E-state index contributed by atoms with van der Waals surface area (Å²) in [5.74, 6) is 0.979. The molecule has 5 heteroatoms. The lowest BCUT2D eigenvalue weighted by atomic mass is 9.68. The highest BCUT2D eigenvalue weighted by Crippen LogP contribution is 2.43. The number of rotatable bonds is 10. The molecule has 0 saturated heterocycles. The summed E-state index contributed by atoms with van der Waals surface area (Å²) in [6, 6.07) is 1.99. The van der Waals surface area contributed by atoms with Crippen molar-refractivity contribution in [2.75, 3.05) is 0 Å². The van der Waals surface area contributed by atoms with Crippen LogP contribution < -0.4 is 0 Å². The van der Waals surface area contributed by atoms with Crippen LogP contribution in [0.25, 0.3) is 0 Å². The Balaban J connectivity index is 1.32. The molecule has 0 N–H and O–H groups in total. The number of unbranched alkanes of at least 4 members (excludes halogenated alkanes) is 1. The molecule has 0 nitrogen and oxygen atoms in total. The van der Waals surface area contributed by atoms with E-state index in [1.807, 2.05) is 0 Å². The van der Waals surface area contributed by atoms with Gasteiger partial charge in [0, 0.05) is 0 Å². The minimum absolute atomic E-state index is 0.416. The average Bonchev–Trinajstić information content (AvgIpc) is 2.76. The molecule has 0 aromatic heterocycles. The monoisotopic (exact) mass is 486 g/mol. The molecule has 2 saturated carbocycles. The zero-order valence-electron chi connectivity index (χ0n) is 19.9. The number of allylic oxidation sites excluding steroid dienone is 2. The van der Waals surface area contributed by atoms with E-state index >= 15 is 0 Å². The van der Waals surface area contributed by atoms with Crippen molar-refractivity contribution < 1.29 is 17.6 Å². The number of halogens is 5. The number of aryl methyl sites for hydroxylation is 1. The quantitative estimate of drug-likeness (QED) is 0.133. The van der Waals surface area contributed by atoms with Gasteiger partial charge in [0.2, 0.25) is 0 Å². The molecule has 2 aliphatic rings. The Morgan fingerprint density at radius 1 is 0.848 bits per heavy atom. The van der Waals surface area contributed by atoms with E-state index in [-0.39, 0.29) is 0 Å². The number of alkyl halides is 3. The highest BCUT2D eigenvalue weighted by Gasteiger charge is 2.35. The van der Waals surface area contributed by atoms with Crippen molar-refractivity contribution in [3.05, 3.63) is 47.0 Å². The first-order chi connectivity index (χ1) is 15.8. The minimum Gasteiger partial charge on any atom is -0.206 e. The maximum absolute atomic E-state index is 13.9. The number of hydrogen-bond acceptors (Lipinski definition) is 0. The molecule has 0 amide bonds. The summed E-state index contributed by atoms with van der Waals surface area (Å²) in [6.45, 7) is 2.10. The van der Waals surface area contributed by atoms with Gasteiger partial charge in [0.05, 0.1) is 0 Å². The second-order valence-corrected chi connectivity index (χ2v) is 10.9. The normalized spacial score (nSPS) is 26.7. The van der Waals surface area contributed by atoms with E-state index in [9.17, 15) is 17.6 Å². The van der Waals surface area contributed by atoms with Crippen molar-refractivity contribution in [1.29, 1.82) is 0 Å². The van der Waals surface area contributed by atoms with Gasteiger partial charge in [-0.15, -0.1) is 0 Å². The van der Waals surface area contributed by atoms with Crippen molar-refractivity contribution in [2.45, 2.75) is 102 Å². The van der Waals surface area contributed by atoms with Gasteiger partial charge in [-0.25, -0.2) is 8.78 Å². The standard InChI is InChI=1S/C28H39ClF4/c1-2-3-4-7-20-10-14-23(15-11-20)24-16-12-21(13-17-24)8-5-6-9-22-18-25(30)27(26(31)19-22)28(29,32)33/h2-3,18-21,23-24H,4-17H2,1H3. The molecule has 1 aromatic carbocycles. The molecule has 0 aliphatic heterocycles. The fourth-order valence-corrected chi connectivity index (χ4v) is 6.38. The van der Waals surface area contributed by atoms with E-state index in [2.05, 4.69) is 19.1 Å². The van der Waals surface area contributed by atoms with Crippen LogP contribution in [0.5, 0.6) is 0 Å². The Bertz CT molecular complexity index is 731. The average molecular weight is 487 g/mol. The lowest BCUT2D eigenvalue weighted by Gasteiger charge is -2.38. The first kappa shape index (κ1) is 26.6. The summed E-state index contributed by atoms with van der Waals surface area (Å²) >= 11 is 4.81. The summed E-state index contributed by atoms with van der Waals surface area (Å²) in [5, 5.41) is -4.03. The predicted molar refractivity (Wildman–Crippen MR) is 129 cm³/mol. The SMILES string of the molecule is CC=CCCC1CCC(C2CCC(CCCCc3cc(F)c(C(F)(F)Cl)c(F)c3)CC2)CC1. The van der Waals surface area contributed by atoms with Gasteiger partial charge in [0.25, 0.3) is 0 Å². The molecule has 186 valence electrons. The van der Waals surface area contributed by atoms with Gasteiger partial charge in [-0.2, -0.15) is 8.78 Å². The highest BCUT2D eigenvalue weighted by atomic mass is 35.5. The minimum atomic E-state index is -4.03. The number of hydrogen-bond donors (Lipinski definition) is 0. The van der Waals surface area contributed by atoms with Gasteiger partial charge in [0.1, 0.15) is 17.2 Å². The number of benzene rings is 1. The van der Waals surface area contributed by atoms with E-state index in [4.69, 9.17) is 11.6 Å². The molecule has 3 rings (SSSR count). The van der Waals surface area contributed by atoms with Crippen LogP contribution in [-0.2, 0) is 11.8 Å². The Hall–Kier alpha value is -1.03. The van der Waals surface area contributed by atoms with Crippen LogP contribution in [-0.4, -0.2) is 0 Å². The molecule has 2 fully saturated rings. The van der Waals surface area contributed by atoms with Gasteiger partial charge in [-0.1, -0.05) is 50.7 Å². The van der Waals surface area contributed by atoms with Crippen molar-refractivity contribution in [1.82, 2.24) is 0 Å². The van der Waals surface area contributed by atoms with Crippen LogP contribution >= 0.6 is 11.6 Å². The fourth-order valence-electron chi connectivity index (χ4n) is 6.20. The molecule has 0 bridgehead atoms. The van der Waals surface area contributed by atoms with Crippen LogP contribution in [0.15, 0.2) is 24.3 Å². The molecule has 0 atom stereocenters. The van der Waals surface area contributed by atoms with E-state index in [0.29, 0.717) is 12.0 Å². The maximum Gasteiger partial charge on any atom is 0.353 e. The van der Waals surface area contributed by atoms with Crippen LogP contribution in [0.1, 0.15) is 102 Å². The first-order valence-electron chi connectivity index (χ1n) is 12.9. The second-order valence-electron chi connectivity index (χ2n) is 10.4. The van der Waals surface area contributed by atoms with Crippen molar-refractivity contribution in [2.24, 2.45) is 23.7 Å². The summed E-state index contributed by atoms with van der Waals surface area (Å²) in [4.78, 5) is 0. The predicted octanol–water partition coefficient (Wildman–Crippen LogP) is 9.93. The maximum atomic E-state index is 13.9. The Morgan fingerprint density at radius 3 is 1.85 bits per heavy atom. The first-order valence-corrected chi connectivity index (χ1v) is 13.3. The zero-order valence-corrected chi connectivity index (χ0v) is 20.7. The smallest absolute Gasteiger partial charge is 0.206 e. The Kier molecular flexibility index (Phi) is 10.2. The van der Waals surface area contributed by atoms with E-state index < -0.39 is 22.6 Å². The Labute approximate surface area is 202 Å². The largest absolute Gasteiger partial charge is 0.353 e. The molecule has 0 spiro atoms. The third-order valence-electron chi connectivity index (χ3n) is 8.14. The lowest BCUT2D eigenvalue weighted by Crippen LogP contribution is -2.25. The van der Waals surface area contributed by atoms with E-state index in [0.717, 1.165) is 55.1 Å². The van der Waals surface area contributed by atoms with Crippen molar-refractivity contribution >= 4 is 11.6 Å². The third kappa shape index (κ3) is 8.01. The van der Waals surface area contributed by atoms with E-state index in [1.54, 1.807) is 0 Å². The van der Waals surface area contributed by atoms with Crippen molar-refractivity contribution in [3.63, 3.8) is 0 Å². The topological polar surface area (TPSA) is 0 Å². The van der Waals surface area contributed by atoms with Crippen LogP contribution in [0.3, 0.4) is 0 Å². The summed E-state index contributed by atoms with van der Waals surface area (Å²) in [6.07, 6.45) is 21.4. The molecule has 2 aliphatic carbocycles. The molecule has 0 heterocycles. The van der Waals surface area contributed by atoms with E-state index in [1.165, 1.54) is 64.2 Å².